The molecule has 1 unspecified atom stereocenters. The van der Waals surface area contributed by atoms with Crippen molar-refractivity contribution < 1.29 is 14.4 Å². The van der Waals surface area contributed by atoms with E-state index in [4.69, 9.17) is 0 Å². The predicted molar refractivity (Wildman–Crippen MR) is 74.0 cm³/mol. The lowest BCUT2D eigenvalue weighted by Crippen LogP contribution is -2.20. The minimum absolute atomic E-state index is 0.0980. The third kappa shape index (κ3) is 3.83. The molecule has 0 amide bonds. The number of nitrogens with zero attached hydrogens (tertiary/aromatic N) is 1. The van der Waals surface area contributed by atoms with E-state index in [1.807, 2.05) is 0 Å². The van der Waals surface area contributed by atoms with Crippen molar-refractivity contribution in [1.29, 1.82) is 0 Å². The number of rotatable bonds is 6. The zero-order chi connectivity index (χ0) is 14.5. The fourth-order valence-corrected chi connectivity index (χ4v) is 2.44. The maximum atomic E-state index is 12.7. The van der Waals surface area contributed by atoms with Crippen molar-refractivity contribution in [3.63, 3.8) is 0 Å². The molecule has 7 heteroatoms. The molecule has 0 aliphatic carbocycles. The molecule has 0 radical (unpaired) electrons. The van der Waals surface area contributed by atoms with Gasteiger partial charge in [0.05, 0.1) is 11.0 Å². The van der Waals surface area contributed by atoms with Crippen LogP contribution in [0.1, 0.15) is 17.2 Å². The van der Waals surface area contributed by atoms with E-state index in [0.717, 1.165) is 16.9 Å². The molecule has 1 aromatic carbocycles. The molecule has 0 bridgehead atoms. The van der Waals surface area contributed by atoms with Crippen LogP contribution in [-0.4, -0.2) is 16.6 Å². The predicted octanol–water partition coefficient (Wildman–Crippen LogP) is 2.62. The van der Waals surface area contributed by atoms with Crippen molar-refractivity contribution in [3.8, 4) is 0 Å². The fourth-order valence-electron chi connectivity index (χ4n) is 1.71. The number of hydrogen-bond acceptors (Lipinski definition) is 5. The zero-order valence-electron chi connectivity index (χ0n) is 10.5. The zero-order valence-corrected chi connectivity index (χ0v) is 11.3. The Labute approximate surface area is 118 Å². The van der Waals surface area contributed by atoms with E-state index in [-0.39, 0.29) is 17.4 Å². The molecule has 1 heterocycles. The van der Waals surface area contributed by atoms with Crippen LogP contribution in [0, 0.1) is 15.9 Å². The van der Waals surface area contributed by atoms with Crippen LogP contribution in [0.5, 0.6) is 0 Å². The van der Waals surface area contributed by atoms with Gasteiger partial charge in [0.25, 0.3) is 0 Å². The molecule has 1 aromatic heterocycles. The Morgan fingerprint density at radius 2 is 2.10 bits per heavy atom. The van der Waals surface area contributed by atoms with Gasteiger partial charge in [-0.1, -0.05) is 23.5 Å². The van der Waals surface area contributed by atoms with Gasteiger partial charge in [0, 0.05) is 24.5 Å². The van der Waals surface area contributed by atoms with Gasteiger partial charge >= 0.3 is 5.00 Å². The Kier molecular flexibility index (Phi) is 4.78. The Hall–Kier alpha value is -1.83. The van der Waals surface area contributed by atoms with Gasteiger partial charge in [-0.3, -0.25) is 10.1 Å². The highest BCUT2D eigenvalue weighted by Gasteiger charge is 2.10. The van der Waals surface area contributed by atoms with Crippen molar-refractivity contribution in [1.82, 2.24) is 5.32 Å². The van der Waals surface area contributed by atoms with Gasteiger partial charge < -0.3 is 10.4 Å². The maximum absolute atomic E-state index is 12.7. The molecular formula is C13H13FN2O3S. The summed E-state index contributed by atoms with van der Waals surface area (Å²) >= 11 is 1.07. The molecule has 1 atom stereocenters. The van der Waals surface area contributed by atoms with Crippen LogP contribution in [0.4, 0.5) is 9.39 Å². The Balaban J connectivity index is 1.82. The van der Waals surface area contributed by atoms with Crippen LogP contribution in [-0.2, 0) is 6.54 Å². The molecule has 2 aromatic rings. The lowest BCUT2D eigenvalue weighted by atomic mass is 10.1. The molecule has 5 nitrogen and oxygen atoms in total. The quantitative estimate of drug-likeness (QED) is 0.634. The Morgan fingerprint density at radius 3 is 2.70 bits per heavy atom. The molecule has 2 N–H and O–H groups in total. The lowest BCUT2D eigenvalue weighted by Gasteiger charge is -2.11. The fraction of sp³-hybridized carbons (Fsp3) is 0.231. The number of aliphatic hydroxyl groups is 1. The van der Waals surface area contributed by atoms with Crippen molar-refractivity contribution in [2.24, 2.45) is 0 Å². The molecule has 0 fully saturated rings. The summed E-state index contributed by atoms with van der Waals surface area (Å²) in [4.78, 5) is 10.1. The number of thiophene rings is 1. The van der Waals surface area contributed by atoms with Crippen LogP contribution in [0.25, 0.3) is 0 Å². The van der Waals surface area contributed by atoms with Crippen molar-refractivity contribution in [3.05, 3.63) is 62.8 Å². The summed E-state index contributed by atoms with van der Waals surface area (Å²) in [6.45, 7) is 0.720. The average molecular weight is 296 g/mol. The SMILES string of the molecule is O=[N+]([O-])c1cc(CNCC(O)c2ccc(F)cc2)cs1. The van der Waals surface area contributed by atoms with E-state index < -0.39 is 11.0 Å². The molecule has 20 heavy (non-hydrogen) atoms. The first-order valence-electron chi connectivity index (χ1n) is 5.92. The molecule has 106 valence electrons. The van der Waals surface area contributed by atoms with Crippen molar-refractivity contribution in [2.45, 2.75) is 12.6 Å². The van der Waals surface area contributed by atoms with Crippen LogP contribution < -0.4 is 5.32 Å². The molecular weight excluding hydrogens is 283 g/mol. The van der Waals surface area contributed by atoms with E-state index in [1.54, 1.807) is 5.38 Å². The molecule has 0 aliphatic rings. The van der Waals surface area contributed by atoms with E-state index in [9.17, 15) is 19.6 Å². The number of benzene rings is 1. The Morgan fingerprint density at radius 1 is 1.40 bits per heavy atom. The topological polar surface area (TPSA) is 75.4 Å². The summed E-state index contributed by atoms with van der Waals surface area (Å²) in [6, 6.07) is 7.14. The highest BCUT2D eigenvalue weighted by Crippen LogP contribution is 2.22. The molecule has 0 saturated heterocycles. The molecule has 0 aliphatic heterocycles. The minimum Gasteiger partial charge on any atom is -0.387 e. The molecule has 2 rings (SSSR count). The van der Waals surface area contributed by atoms with Gasteiger partial charge in [-0.05, 0) is 23.3 Å². The van der Waals surface area contributed by atoms with E-state index in [1.165, 1.54) is 30.3 Å². The maximum Gasteiger partial charge on any atom is 0.324 e. The Bertz CT molecular complexity index is 586. The average Bonchev–Trinajstić information content (AvgIpc) is 2.88. The normalized spacial score (nSPS) is 12.3. The van der Waals surface area contributed by atoms with Gasteiger partial charge in [0.15, 0.2) is 0 Å². The largest absolute Gasteiger partial charge is 0.387 e. The highest BCUT2D eigenvalue weighted by molar-refractivity contribution is 7.13. The monoisotopic (exact) mass is 296 g/mol. The summed E-state index contributed by atoms with van der Waals surface area (Å²) in [6.07, 6.45) is -0.746. The number of aliphatic hydroxyl groups excluding tert-OH is 1. The van der Waals surface area contributed by atoms with Crippen LogP contribution in [0.2, 0.25) is 0 Å². The summed E-state index contributed by atoms with van der Waals surface area (Å²) in [5, 5.41) is 25.2. The standard InChI is InChI=1S/C13H13FN2O3S/c14-11-3-1-10(2-4-11)12(17)7-15-6-9-5-13(16(18)19)20-8-9/h1-5,8,12,15,17H,6-7H2. The molecule has 0 saturated carbocycles. The van der Waals surface area contributed by atoms with Crippen LogP contribution in [0.3, 0.4) is 0 Å². The van der Waals surface area contributed by atoms with Crippen molar-refractivity contribution in [2.75, 3.05) is 6.54 Å². The summed E-state index contributed by atoms with van der Waals surface area (Å²) < 4.78 is 12.7. The molecule has 0 spiro atoms. The van der Waals surface area contributed by atoms with E-state index in [2.05, 4.69) is 5.32 Å². The van der Waals surface area contributed by atoms with Crippen molar-refractivity contribution >= 4 is 16.3 Å². The first-order valence-corrected chi connectivity index (χ1v) is 6.80. The van der Waals surface area contributed by atoms with Gasteiger partial charge in [0.1, 0.15) is 5.82 Å². The van der Waals surface area contributed by atoms with Gasteiger partial charge in [0.2, 0.25) is 0 Å². The number of nitrogens with one attached hydrogen (secondary N) is 1. The summed E-state index contributed by atoms with van der Waals surface area (Å²) in [7, 11) is 0. The van der Waals surface area contributed by atoms with E-state index in [0.29, 0.717) is 12.1 Å². The van der Waals surface area contributed by atoms with Gasteiger partial charge in [-0.15, -0.1) is 0 Å². The van der Waals surface area contributed by atoms with Crippen LogP contribution >= 0.6 is 11.3 Å². The number of halogens is 1. The third-order valence-electron chi connectivity index (χ3n) is 2.74. The summed E-state index contributed by atoms with van der Waals surface area (Å²) in [5.41, 5.74) is 1.42. The smallest absolute Gasteiger partial charge is 0.324 e. The second kappa shape index (κ2) is 6.56. The second-order valence-electron chi connectivity index (χ2n) is 4.25. The number of hydrogen-bond donors (Lipinski definition) is 2. The van der Waals surface area contributed by atoms with Gasteiger partial charge in [-0.2, -0.15) is 0 Å². The van der Waals surface area contributed by atoms with Gasteiger partial charge in [-0.25, -0.2) is 4.39 Å². The third-order valence-corrected chi connectivity index (χ3v) is 3.67. The minimum atomic E-state index is -0.746. The second-order valence-corrected chi connectivity index (χ2v) is 5.14. The van der Waals surface area contributed by atoms with E-state index >= 15 is 0 Å². The summed E-state index contributed by atoms with van der Waals surface area (Å²) in [5.74, 6) is -0.348. The first kappa shape index (κ1) is 14.6. The number of nitro groups is 1. The first-order chi connectivity index (χ1) is 9.56. The highest BCUT2D eigenvalue weighted by atomic mass is 32.1. The van der Waals surface area contributed by atoms with Crippen LogP contribution in [0.15, 0.2) is 35.7 Å². The lowest BCUT2D eigenvalue weighted by molar-refractivity contribution is -0.380.